The lowest BCUT2D eigenvalue weighted by Gasteiger charge is -2.30. The van der Waals surface area contributed by atoms with Gasteiger partial charge in [0.25, 0.3) is 0 Å². The number of pyridine rings is 1. The standard InChI is InChI=1S/C23H35N5O2/c1-16-5-4-11-28(16)20-10-14-27(15-20)22-7-6-21(17(2)24-22)25-23(30)19-8-12-26(13-9-19)18(3)29/h6-7,16,19-20H,4-5,8-15H2,1-3H3,(H,25,30)/t16-,20+/m0/s1. The van der Waals surface area contributed by atoms with E-state index in [1.54, 1.807) is 6.92 Å². The molecule has 0 radical (unpaired) electrons. The second-order valence-electron chi connectivity index (χ2n) is 9.19. The van der Waals surface area contributed by atoms with Crippen LogP contribution in [-0.4, -0.2) is 71.4 Å². The lowest BCUT2D eigenvalue weighted by atomic mass is 9.96. The highest BCUT2D eigenvalue weighted by Crippen LogP contribution is 2.29. The van der Waals surface area contributed by atoms with Gasteiger partial charge in [0.1, 0.15) is 5.82 Å². The summed E-state index contributed by atoms with van der Waals surface area (Å²) in [7, 11) is 0. The summed E-state index contributed by atoms with van der Waals surface area (Å²) in [4.78, 5) is 35.8. The molecule has 3 saturated heterocycles. The molecule has 2 amide bonds. The van der Waals surface area contributed by atoms with Gasteiger partial charge in [-0.2, -0.15) is 0 Å². The van der Waals surface area contributed by atoms with Crippen molar-refractivity contribution in [3.8, 4) is 0 Å². The van der Waals surface area contributed by atoms with Crippen molar-refractivity contribution in [1.82, 2.24) is 14.8 Å². The normalized spacial score (nSPS) is 25.7. The van der Waals surface area contributed by atoms with Crippen LogP contribution in [-0.2, 0) is 9.59 Å². The number of aromatic nitrogens is 1. The smallest absolute Gasteiger partial charge is 0.227 e. The lowest BCUT2D eigenvalue weighted by Crippen LogP contribution is -2.40. The van der Waals surface area contributed by atoms with Crippen LogP contribution >= 0.6 is 0 Å². The summed E-state index contributed by atoms with van der Waals surface area (Å²) in [6.45, 7) is 10.5. The van der Waals surface area contributed by atoms with Gasteiger partial charge in [0, 0.05) is 51.1 Å². The van der Waals surface area contributed by atoms with Gasteiger partial charge in [-0.05, 0) is 64.6 Å². The van der Waals surface area contributed by atoms with Gasteiger partial charge in [-0.25, -0.2) is 4.98 Å². The van der Waals surface area contributed by atoms with Gasteiger partial charge in [0.05, 0.1) is 11.4 Å². The predicted octanol–water partition coefficient (Wildman–Crippen LogP) is 2.65. The fourth-order valence-electron chi connectivity index (χ4n) is 5.27. The number of likely N-dealkylation sites (tertiary alicyclic amines) is 2. The van der Waals surface area contributed by atoms with Crippen molar-refractivity contribution in [3.63, 3.8) is 0 Å². The molecule has 0 unspecified atom stereocenters. The molecule has 3 aliphatic heterocycles. The molecule has 164 valence electrons. The predicted molar refractivity (Wildman–Crippen MR) is 119 cm³/mol. The minimum atomic E-state index is -0.0403. The molecule has 4 rings (SSSR count). The first-order chi connectivity index (χ1) is 14.4. The summed E-state index contributed by atoms with van der Waals surface area (Å²) in [6.07, 6.45) is 5.27. The quantitative estimate of drug-likeness (QED) is 0.822. The summed E-state index contributed by atoms with van der Waals surface area (Å²) >= 11 is 0. The van der Waals surface area contributed by atoms with Crippen LogP contribution in [0.3, 0.4) is 0 Å². The molecular formula is C23H35N5O2. The Morgan fingerprint density at radius 2 is 1.83 bits per heavy atom. The molecule has 1 N–H and O–H groups in total. The summed E-state index contributed by atoms with van der Waals surface area (Å²) < 4.78 is 0. The SMILES string of the molecule is CC(=O)N1CCC(C(=O)Nc2ccc(N3CC[C@@H](N4CCC[C@@H]4C)C3)nc2C)CC1. The summed E-state index contributed by atoms with van der Waals surface area (Å²) in [5.41, 5.74) is 1.65. The Morgan fingerprint density at radius 3 is 2.47 bits per heavy atom. The number of carbonyl (C=O) groups is 2. The van der Waals surface area contributed by atoms with E-state index in [9.17, 15) is 9.59 Å². The first-order valence-corrected chi connectivity index (χ1v) is 11.5. The molecule has 1 aromatic rings. The van der Waals surface area contributed by atoms with Crippen LogP contribution in [0.1, 0.15) is 51.6 Å². The number of anilines is 2. The zero-order chi connectivity index (χ0) is 21.3. The Kier molecular flexibility index (Phi) is 6.27. The van der Waals surface area contributed by atoms with E-state index in [2.05, 4.69) is 22.0 Å². The number of amides is 2. The summed E-state index contributed by atoms with van der Waals surface area (Å²) in [5.74, 6) is 1.10. The van der Waals surface area contributed by atoms with E-state index < -0.39 is 0 Å². The van der Waals surface area contributed by atoms with Crippen LogP contribution in [0.4, 0.5) is 11.5 Å². The van der Waals surface area contributed by atoms with Crippen LogP contribution < -0.4 is 10.2 Å². The fraction of sp³-hybridized carbons (Fsp3) is 0.696. The van der Waals surface area contributed by atoms with Crippen LogP contribution in [0.15, 0.2) is 12.1 Å². The highest BCUT2D eigenvalue weighted by Gasteiger charge is 2.33. The average molecular weight is 414 g/mol. The number of aryl methyl sites for hydroxylation is 1. The van der Waals surface area contributed by atoms with Crippen LogP contribution in [0.5, 0.6) is 0 Å². The van der Waals surface area contributed by atoms with E-state index in [1.807, 2.05) is 24.0 Å². The van der Waals surface area contributed by atoms with E-state index in [0.29, 0.717) is 25.2 Å². The van der Waals surface area contributed by atoms with Gasteiger partial charge in [-0.3, -0.25) is 14.5 Å². The second kappa shape index (κ2) is 8.92. The lowest BCUT2D eigenvalue weighted by molar-refractivity contribution is -0.132. The van der Waals surface area contributed by atoms with Crippen molar-refractivity contribution in [3.05, 3.63) is 17.8 Å². The highest BCUT2D eigenvalue weighted by molar-refractivity contribution is 5.93. The number of carbonyl (C=O) groups excluding carboxylic acids is 2. The molecule has 0 aliphatic carbocycles. The number of rotatable bonds is 4. The molecule has 2 atom stereocenters. The first-order valence-electron chi connectivity index (χ1n) is 11.5. The van der Waals surface area contributed by atoms with Crippen molar-refractivity contribution in [2.45, 2.75) is 65.0 Å². The molecule has 7 heteroatoms. The Bertz CT molecular complexity index is 790. The minimum Gasteiger partial charge on any atom is -0.355 e. The zero-order valence-electron chi connectivity index (χ0n) is 18.6. The topological polar surface area (TPSA) is 68.8 Å². The van der Waals surface area contributed by atoms with E-state index >= 15 is 0 Å². The second-order valence-corrected chi connectivity index (χ2v) is 9.19. The molecule has 4 heterocycles. The zero-order valence-corrected chi connectivity index (χ0v) is 18.6. The maximum atomic E-state index is 12.7. The third-order valence-corrected chi connectivity index (χ3v) is 7.20. The molecule has 0 bridgehead atoms. The molecule has 0 spiro atoms. The highest BCUT2D eigenvalue weighted by atomic mass is 16.2. The van der Waals surface area contributed by atoms with Gasteiger partial charge < -0.3 is 15.1 Å². The third kappa shape index (κ3) is 4.46. The van der Waals surface area contributed by atoms with Crippen molar-refractivity contribution in [2.24, 2.45) is 5.92 Å². The van der Waals surface area contributed by atoms with Crippen molar-refractivity contribution in [1.29, 1.82) is 0 Å². The van der Waals surface area contributed by atoms with Gasteiger partial charge in [-0.15, -0.1) is 0 Å². The molecule has 1 aromatic heterocycles. The van der Waals surface area contributed by atoms with Crippen molar-refractivity contribution >= 4 is 23.3 Å². The molecule has 30 heavy (non-hydrogen) atoms. The van der Waals surface area contributed by atoms with Crippen LogP contribution in [0.25, 0.3) is 0 Å². The number of piperidine rings is 1. The number of nitrogens with zero attached hydrogens (tertiary/aromatic N) is 4. The monoisotopic (exact) mass is 413 g/mol. The maximum Gasteiger partial charge on any atom is 0.227 e. The Balaban J connectivity index is 1.33. The largest absolute Gasteiger partial charge is 0.355 e. The van der Waals surface area contributed by atoms with Crippen LogP contribution in [0, 0.1) is 12.8 Å². The molecule has 3 aliphatic rings. The Morgan fingerprint density at radius 1 is 1.07 bits per heavy atom. The first kappa shape index (κ1) is 21.1. The minimum absolute atomic E-state index is 0.0403. The van der Waals surface area contributed by atoms with E-state index in [-0.39, 0.29) is 17.7 Å². The number of hydrogen-bond acceptors (Lipinski definition) is 5. The molecule has 0 aromatic carbocycles. The number of nitrogens with one attached hydrogen (secondary N) is 1. The van der Waals surface area contributed by atoms with Gasteiger partial charge in [-0.1, -0.05) is 0 Å². The van der Waals surface area contributed by atoms with Gasteiger partial charge in [0.2, 0.25) is 11.8 Å². The van der Waals surface area contributed by atoms with E-state index in [4.69, 9.17) is 4.98 Å². The number of hydrogen-bond donors (Lipinski definition) is 1. The van der Waals surface area contributed by atoms with E-state index in [1.165, 1.54) is 25.8 Å². The molecule has 0 saturated carbocycles. The Labute approximate surface area is 179 Å². The van der Waals surface area contributed by atoms with Gasteiger partial charge in [0.15, 0.2) is 0 Å². The molecule has 7 nitrogen and oxygen atoms in total. The van der Waals surface area contributed by atoms with Crippen LogP contribution in [0.2, 0.25) is 0 Å². The fourth-order valence-corrected chi connectivity index (χ4v) is 5.27. The summed E-state index contributed by atoms with van der Waals surface area (Å²) in [6, 6.07) is 5.36. The molecular weight excluding hydrogens is 378 g/mol. The molecule has 3 fully saturated rings. The summed E-state index contributed by atoms with van der Waals surface area (Å²) in [5, 5.41) is 3.07. The van der Waals surface area contributed by atoms with Crippen molar-refractivity contribution < 1.29 is 9.59 Å². The average Bonchev–Trinajstić information content (AvgIpc) is 3.38. The maximum absolute atomic E-state index is 12.7. The van der Waals surface area contributed by atoms with E-state index in [0.717, 1.165) is 43.1 Å². The van der Waals surface area contributed by atoms with Gasteiger partial charge >= 0.3 is 0 Å². The third-order valence-electron chi connectivity index (χ3n) is 7.20. The Hall–Kier alpha value is -2.15. The van der Waals surface area contributed by atoms with Crippen molar-refractivity contribution in [2.75, 3.05) is 42.9 Å².